The number of nitrogens with one attached hydrogen (secondary N) is 1. The van der Waals surface area contributed by atoms with E-state index < -0.39 is 36.9 Å². The van der Waals surface area contributed by atoms with Crippen LogP contribution in [0, 0.1) is 11.3 Å². The molecule has 0 aliphatic carbocycles. The lowest BCUT2D eigenvalue weighted by molar-refractivity contribution is -0.150. The van der Waals surface area contributed by atoms with Crippen LogP contribution >= 0.6 is 0 Å². The van der Waals surface area contributed by atoms with E-state index in [1.54, 1.807) is 44.4 Å². The zero-order chi connectivity index (χ0) is 27.2. The topological polar surface area (TPSA) is 137 Å². The summed E-state index contributed by atoms with van der Waals surface area (Å²) in [4.78, 5) is 33.7. The Bertz CT molecular complexity index is 1460. The molecule has 4 rings (SSSR count). The molecule has 0 aliphatic heterocycles. The second kappa shape index (κ2) is 11.3. The molecule has 2 N–H and O–H groups in total. The number of carbonyl (C=O) groups is 2. The third-order valence-corrected chi connectivity index (χ3v) is 4.80. The normalized spacial score (nSPS) is 11.8. The molecule has 37 heavy (non-hydrogen) atoms. The Balaban J connectivity index is 0.000000695. The van der Waals surface area contributed by atoms with Gasteiger partial charge in [0.15, 0.2) is 11.6 Å². The first kappa shape index (κ1) is 26.7. The molecule has 10 nitrogen and oxygen atoms in total. The van der Waals surface area contributed by atoms with Crippen LogP contribution in [0.25, 0.3) is 27.6 Å². The first-order valence-electron chi connectivity index (χ1n) is 10.6. The number of aromatic nitrogens is 4. The quantitative estimate of drug-likeness (QED) is 0.173. The van der Waals surface area contributed by atoms with E-state index in [9.17, 15) is 33.1 Å². The predicted molar refractivity (Wildman–Crippen MR) is 127 cm³/mol. The number of hydrogen-bond donors (Lipinski definition) is 2. The molecule has 0 unspecified atom stereocenters. The lowest BCUT2D eigenvalue weighted by Crippen LogP contribution is -2.21. The fraction of sp³-hybridized carbons (Fsp3) is 0.208. The number of allylic oxidation sites excluding steroid dienone is 1. The number of aliphatic hydroxyl groups excluding tert-OH is 1. The van der Waals surface area contributed by atoms with Crippen molar-refractivity contribution in [2.75, 3.05) is 20.7 Å². The minimum atomic E-state index is -4.78. The molecule has 0 fully saturated rings. The Morgan fingerprint density at radius 3 is 2.38 bits per heavy atom. The van der Waals surface area contributed by atoms with E-state index in [2.05, 4.69) is 15.0 Å². The summed E-state index contributed by atoms with van der Waals surface area (Å²) in [7, 11) is 3.38. The fourth-order valence-electron chi connectivity index (χ4n) is 3.17. The minimum absolute atomic E-state index is 0.0715. The van der Waals surface area contributed by atoms with Crippen LogP contribution < -0.4 is 0 Å². The lowest BCUT2D eigenvalue weighted by Gasteiger charge is -2.11. The molecule has 0 spiro atoms. The highest BCUT2D eigenvalue weighted by Crippen LogP contribution is 2.31. The number of esters is 1. The standard InChI is InChI=1S/C21H14F3N5O3.C3H7NO/c22-21(23,24)20-28-15-7-3-4-8-16(15)29(20)10-18(31)32-11-17(30)12(9-25)19-26-13-5-1-2-6-14(13)27-19;1-4(2)3-5/h1-8,30H,10-11H2,(H,26,27);3H,1-2H3/b17-12+;. The van der Waals surface area contributed by atoms with Crippen molar-refractivity contribution in [3.63, 3.8) is 0 Å². The Morgan fingerprint density at radius 1 is 1.16 bits per heavy atom. The van der Waals surface area contributed by atoms with Crippen molar-refractivity contribution in [2.24, 2.45) is 0 Å². The number of para-hydroxylation sites is 4. The molecule has 0 saturated carbocycles. The van der Waals surface area contributed by atoms with Crippen molar-refractivity contribution in [1.29, 1.82) is 5.26 Å². The van der Waals surface area contributed by atoms with E-state index in [-0.39, 0.29) is 22.4 Å². The molecule has 2 aromatic heterocycles. The van der Waals surface area contributed by atoms with Gasteiger partial charge < -0.3 is 24.3 Å². The first-order chi connectivity index (χ1) is 17.5. The van der Waals surface area contributed by atoms with Crippen molar-refractivity contribution < 1.29 is 32.6 Å². The van der Waals surface area contributed by atoms with Crippen LogP contribution in [0.15, 0.2) is 54.3 Å². The van der Waals surface area contributed by atoms with Gasteiger partial charge in [0.25, 0.3) is 0 Å². The number of H-pyrrole nitrogens is 1. The number of benzene rings is 2. The van der Waals surface area contributed by atoms with E-state index >= 15 is 0 Å². The monoisotopic (exact) mass is 514 g/mol. The first-order valence-corrected chi connectivity index (χ1v) is 10.6. The highest BCUT2D eigenvalue weighted by Gasteiger charge is 2.38. The number of alkyl halides is 3. The summed E-state index contributed by atoms with van der Waals surface area (Å²) in [5.74, 6) is -2.81. The number of aromatic amines is 1. The molecule has 192 valence electrons. The van der Waals surface area contributed by atoms with Gasteiger partial charge in [-0.1, -0.05) is 24.3 Å². The largest absolute Gasteiger partial charge is 0.507 e. The molecule has 2 aromatic carbocycles. The van der Waals surface area contributed by atoms with E-state index in [0.29, 0.717) is 15.6 Å². The average molecular weight is 514 g/mol. The predicted octanol–water partition coefficient (Wildman–Crippen LogP) is 3.67. The van der Waals surface area contributed by atoms with Crippen molar-refractivity contribution in [1.82, 2.24) is 24.4 Å². The van der Waals surface area contributed by atoms with E-state index in [1.165, 1.54) is 29.2 Å². The van der Waals surface area contributed by atoms with Crippen LogP contribution in [-0.2, 0) is 27.0 Å². The zero-order valence-corrected chi connectivity index (χ0v) is 19.7. The number of fused-ring (bicyclic) bond motifs is 2. The molecule has 2 heterocycles. The van der Waals surface area contributed by atoms with Crippen LogP contribution in [0.2, 0.25) is 0 Å². The number of nitriles is 1. The van der Waals surface area contributed by atoms with Gasteiger partial charge in [-0.2, -0.15) is 18.4 Å². The molecule has 0 saturated heterocycles. The summed E-state index contributed by atoms with van der Waals surface area (Å²) in [6.45, 7) is -1.50. The fourth-order valence-corrected chi connectivity index (χ4v) is 3.17. The van der Waals surface area contributed by atoms with Gasteiger partial charge >= 0.3 is 12.1 Å². The van der Waals surface area contributed by atoms with Gasteiger partial charge in [-0.05, 0) is 24.3 Å². The van der Waals surface area contributed by atoms with Gasteiger partial charge in [-0.3, -0.25) is 9.59 Å². The Labute approximate surface area is 208 Å². The number of halogens is 3. The highest BCUT2D eigenvalue weighted by molar-refractivity contribution is 5.83. The second-order valence-electron chi connectivity index (χ2n) is 7.77. The smallest absolute Gasteiger partial charge is 0.449 e. The summed E-state index contributed by atoms with van der Waals surface area (Å²) < 4.78 is 45.7. The molecule has 0 atom stereocenters. The molecule has 0 radical (unpaired) electrons. The van der Waals surface area contributed by atoms with E-state index in [1.807, 2.05) is 0 Å². The molecule has 0 aliphatic rings. The highest BCUT2D eigenvalue weighted by atomic mass is 19.4. The summed E-state index contributed by atoms with van der Waals surface area (Å²) in [5.41, 5.74) is 1.13. The van der Waals surface area contributed by atoms with Crippen LogP contribution in [0.5, 0.6) is 0 Å². The maximum atomic E-state index is 13.3. The van der Waals surface area contributed by atoms with Crippen molar-refractivity contribution in [2.45, 2.75) is 12.7 Å². The number of imidazole rings is 2. The number of rotatable bonds is 6. The Hall–Kier alpha value is -4.86. The van der Waals surface area contributed by atoms with Crippen molar-refractivity contribution in [3.05, 3.63) is 65.9 Å². The molecule has 1 amide bonds. The number of nitrogens with zero attached hydrogens (tertiary/aromatic N) is 5. The minimum Gasteiger partial charge on any atom is -0.507 e. The summed E-state index contributed by atoms with van der Waals surface area (Å²) in [6, 6.07) is 14.6. The van der Waals surface area contributed by atoms with Crippen LogP contribution in [-0.4, -0.2) is 62.6 Å². The number of aliphatic hydroxyl groups is 1. The third-order valence-electron chi connectivity index (χ3n) is 4.80. The van der Waals surface area contributed by atoms with Crippen molar-refractivity contribution >= 4 is 40.0 Å². The number of hydrogen-bond acceptors (Lipinski definition) is 7. The average Bonchev–Trinajstić information content (AvgIpc) is 3.45. The zero-order valence-electron chi connectivity index (χ0n) is 19.7. The lowest BCUT2D eigenvalue weighted by atomic mass is 10.2. The van der Waals surface area contributed by atoms with E-state index in [0.717, 1.165) is 6.41 Å². The maximum absolute atomic E-state index is 13.3. The van der Waals surface area contributed by atoms with Crippen LogP contribution in [0.3, 0.4) is 0 Å². The van der Waals surface area contributed by atoms with Gasteiger partial charge in [0, 0.05) is 14.1 Å². The number of ether oxygens (including phenoxy) is 1. The second-order valence-corrected chi connectivity index (χ2v) is 7.77. The molecule has 0 bridgehead atoms. The summed E-state index contributed by atoms with van der Waals surface area (Å²) in [6.07, 6.45) is -4.03. The van der Waals surface area contributed by atoms with Gasteiger partial charge in [0.05, 0.1) is 22.1 Å². The Kier molecular flexibility index (Phi) is 8.13. The number of carbonyl (C=O) groups excluding carboxylic acids is 2. The summed E-state index contributed by atoms with van der Waals surface area (Å²) >= 11 is 0. The van der Waals surface area contributed by atoms with Crippen LogP contribution in [0.4, 0.5) is 13.2 Å². The number of amides is 1. The van der Waals surface area contributed by atoms with Gasteiger partial charge in [-0.25, -0.2) is 9.97 Å². The maximum Gasteiger partial charge on any atom is 0.449 e. The van der Waals surface area contributed by atoms with Crippen molar-refractivity contribution in [3.8, 4) is 6.07 Å². The van der Waals surface area contributed by atoms with Gasteiger partial charge in [-0.15, -0.1) is 0 Å². The van der Waals surface area contributed by atoms with E-state index in [4.69, 9.17) is 4.74 Å². The van der Waals surface area contributed by atoms with Gasteiger partial charge in [0.1, 0.15) is 24.8 Å². The molecule has 4 aromatic rings. The molecular formula is C24H21F3N6O4. The SMILES string of the molecule is CN(C)C=O.N#C/C(=C(\O)COC(=O)Cn1c(C(F)(F)F)nc2ccccc21)c1nc2ccccc2[nH]1. The third kappa shape index (κ3) is 6.43. The van der Waals surface area contributed by atoms with Gasteiger partial charge in [0.2, 0.25) is 12.2 Å². The summed E-state index contributed by atoms with van der Waals surface area (Å²) in [5, 5.41) is 19.6. The molecule has 13 heteroatoms. The van der Waals surface area contributed by atoms with Crippen LogP contribution in [0.1, 0.15) is 11.6 Å². The molecular weight excluding hydrogens is 493 g/mol. The Morgan fingerprint density at radius 2 is 1.78 bits per heavy atom.